The van der Waals surface area contributed by atoms with E-state index in [1.165, 1.54) is 10.9 Å². The summed E-state index contributed by atoms with van der Waals surface area (Å²) in [4.78, 5) is 25.7. The Balaban J connectivity index is 2.13. The molecule has 0 spiro atoms. The Kier molecular flexibility index (Phi) is 4.88. The number of rotatable bonds is 5. The molecule has 3 heterocycles. The fourth-order valence-corrected chi connectivity index (χ4v) is 2.64. The summed E-state index contributed by atoms with van der Waals surface area (Å²) in [5.74, 6) is 0.387. The zero-order valence-corrected chi connectivity index (χ0v) is 15.4. The summed E-state index contributed by atoms with van der Waals surface area (Å²) in [5, 5.41) is 22.2. The molecule has 3 rings (SSSR count). The summed E-state index contributed by atoms with van der Waals surface area (Å²) < 4.78 is 1.39. The number of nitrogens with one attached hydrogen (secondary N) is 1. The molecule has 8 nitrogen and oxygen atoms in total. The van der Waals surface area contributed by atoms with Gasteiger partial charge in [-0.3, -0.25) is 9.78 Å². The lowest BCUT2D eigenvalue weighted by atomic mass is 10.0. The maximum Gasteiger partial charge on any atom is 0.264 e. The summed E-state index contributed by atoms with van der Waals surface area (Å²) in [6, 6.07) is 7.34. The first-order valence-electron chi connectivity index (χ1n) is 8.47. The summed E-state index contributed by atoms with van der Waals surface area (Å²) >= 11 is 0. The van der Waals surface area contributed by atoms with Gasteiger partial charge in [0.05, 0.1) is 35.7 Å². The first-order chi connectivity index (χ1) is 12.8. The van der Waals surface area contributed by atoms with E-state index in [1.807, 2.05) is 6.07 Å². The Morgan fingerprint density at radius 1 is 1.33 bits per heavy atom. The van der Waals surface area contributed by atoms with Crippen molar-refractivity contribution >= 4 is 16.7 Å². The quantitative estimate of drug-likeness (QED) is 0.664. The van der Waals surface area contributed by atoms with Gasteiger partial charge in [-0.25, -0.2) is 9.97 Å². The number of anilines is 1. The zero-order valence-electron chi connectivity index (χ0n) is 15.4. The van der Waals surface area contributed by atoms with Gasteiger partial charge < -0.3 is 15.0 Å². The van der Waals surface area contributed by atoms with Crippen molar-refractivity contribution in [2.24, 2.45) is 7.05 Å². The highest BCUT2D eigenvalue weighted by molar-refractivity contribution is 5.91. The summed E-state index contributed by atoms with van der Waals surface area (Å²) in [6.07, 6.45) is 3.38. The van der Waals surface area contributed by atoms with Crippen molar-refractivity contribution < 1.29 is 5.11 Å². The van der Waals surface area contributed by atoms with Crippen LogP contribution in [0.5, 0.6) is 0 Å². The van der Waals surface area contributed by atoms with Gasteiger partial charge in [-0.15, -0.1) is 0 Å². The lowest BCUT2D eigenvalue weighted by Crippen LogP contribution is -2.19. The summed E-state index contributed by atoms with van der Waals surface area (Å²) in [5.41, 5.74) is 1.13. The molecule has 0 unspecified atom stereocenters. The molecule has 0 aliphatic carbocycles. The second-order valence-corrected chi connectivity index (χ2v) is 6.74. The van der Waals surface area contributed by atoms with Crippen molar-refractivity contribution in [3.05, 3.63) is 46.8 Å². The largest absolute Gasteiger partial charge is 0.384 e. The number of nitriles is 1. The molecule has 0 fully saturated rings. The lowest BCUT2D eigenvalue weighted by molar-refractivity contribution is 0.0739. The predicted octanol–water partition coefficient (Wildman–Crippen LogP) is 1.94. The van der Waals surface area contributed by atoms with Crippen LogP contribution in [0.1, 0.15) is 26.0 Å². The Morgan fingerprint density at radius 2 is 2.11 bits per heavy atom. The van der Waals surface area contributed by atoms with Gasteiger partial charge >= 0.3 is 0 Å². The molecule has 3 aromatic heterocycles. The Labute approximate surface area is 156 Å². The van der Waals surface area contributed by atoms with Gasteiger partial charge in [0.1, 0.15) is 16.8 Å². The lowest BCUT2D eigenvalue weighted by Gasteiger charge is -2.16. The number of hydrogen-bond acceptors (Lipinski definition) is 7. The molecule has 2 N–H and O–H groups in total. The number of nitrogens with zero attached hydrogens (tertiary/aromatic N) is 5. The number of hydrogen-bond donors (Lipinski definition) is 2. The monoisotopic (exact) mass is 364 g/mol. The minimum Gasteiger partial charge on any atom is -0.384 e. The number of aromatic nitrogens is 4. The third-order valence-electron chi connectivity index (χ3n) is 4.12. The van der Waals surface area contributed by atoms with Gasteiger partial charge in [0, 0.05) is 25.4 Å². The molecule has 0 saturated heterocycles. The highest BCUT2D eigenvalue weighted by atomic mass is 16.3. The number of pyridine rings is 2. The molecule has 0 aliphatic heterocycles. The van der Waals surface area contributed by atoms with E-state index >= 15 is 0 Å². The topological polar surface area (TPSA) is 117 Å². The average molecular weight is 364 g/mol. The molecule has 27 heavy (non-hydrogen) atoms. The van der Waals surface area contributed by atoms with Crippen LogP contribution in [-0.2, 0) is 12.6 Å². The van der Waals surface area contributed by atoms with Crippen LogP contribution in [0, 0.1) is 11.3 Å². The van der Waals surface area contributed by atoms with Crippen LogP contribution in [0.4, 0.5) is 5.82 Å². The van der Waals surface area contributed by atoms with E-state index in [-0.39, 0.29) is 12.0 Å². The average Bonchev–Trinajstić information content (AvgIpc) is 2.64. The molecule has 0 radical (unpaired) electrons. The molecule has 0 aliphatic rings. The summed E-state index contributed by atoms with van der Waals surface area (Å²) in [6.45, 7) is 3.70. The first-order valence-corrected chi connectivity index (χ1v) is 8.47. The van der Waals surface area contributed by atoms with Crippen molar-refractivity contribution in [3.63, 3.8) is 0 Å². The van der Waals surface area contributed by atoms with Gasteiger partial charge in [-0.05, 0) is 32.0 Å². The molecular formula is C19H20N6O2. The number of fused-ring (bicyclic) bond motifs is 1. The van der Waals surface area contributed by atoms with Gasteiger partial charge in [-0.2, -0.15) is 5.26 Å². The van der Waals surface area contributed by atoms with E-state index in [9.17, 15) is 9.90 Å². The molecule has 0 aromatic carbocycles. The van der Waals surface area contributed by atoms with Crippen LogP contribution in [0.15, 0.2) is 35.5 Å². The van der Waals surface area contributed by atoms with Gasteiger partial charge in [0.2, 0.25) is 0 Å². The smallest absolute Gasteiger partial charge is 0.264 e. The fourth-order valence-electron chi connectivity index (χ4n) is 2.64. The minimum atomic E-state index is -1.03. The molecule has 0 saturated carbocycles. The van der Waals surface area contributed by atoms with Crippen molar-refractivity contribution in [1.82, 2.24) is 19.5 Å². The SMILES string of the molecule is Cn1cnc2cc(-c3ccc(C(C)(C)O)nc3)nc(NCCC#N)c2c1=O. The van der Waals surface area contributed by atoms with Gasteiger partial charge in [-0.1, -0.05) is 0 Å². The van der Waals surface area contributed by atoms with E-state index in [1.54, 1.807) is 39.2 Å². The molecule has 0 amide bonds. The molecule has 0 atom stereocenters. The maximum absolute atomic E-state index is 12.5. The second-order valence-electron chi connectivity index (χ2n) is 6.74. The minimum absolute atomic E-state index is 0.214. The molecule has 8 heteroatoms. The fraction of sp³-hybridized carbons (Fsp3) is 0.316. The highest BCUT2D eigenvalue weighted by Gasteiger charge is 2.18. The van der Waals surface area contributed by atoms with Crippen LogP contribution >= 0.6 is 0 Å². The Bertz CT molecular complexity index is 1070. The third-order valence-corrected chi connectivity index (χ3v) is 4.12. The predicted molar refractivity (Wildman–Crippen MR) is 102 cm³/mol. The van der Waals surface area contributed by atoms with Crippen LogP contribution in [-0.4, -0.2) is 31.2 Å². The van der Waals surface area contributed by atoms with Crippen LogP contribution in [0.3, 0.4) is 0 Å². The van der Waals surface area contributed by atoms with Crippen molar-refractivity contribution in [2.75, 3.05) is 11.9 Å². The van der Waals surface area contributed by atoms with Gasteiger partial charge in [0.25, 0.3) is 5.56 Å². The molecule has 0 bridgehead atoms. The van der Waals surface area contributed by atoms with E-state index in [4.69, 9.17) is 5.26 Å². The maximum atomic E-state index is 12.5. The van der Waals surface area contributed by atoms with E-state index in [0.717, 1.165) is 5.56 Å². The van der Waals surface area contributed by atoms with Crippen LogP contribution < -0.4 is 10.9 Å². The highest BCUT2D eigenvalue weighted by Crippen LogP contribution is 2.26. The third kappa shape index (κ3) is 3.78. The Morgan fingerprint density at radius 3 is 2.74 bits per heavy atom. The molecule has 3 aromatic rings. The summed E-state index contributed by atoms with van der Waals surface area (Å²) in [7, 11) is 1.63. The second kappa shape index (κ2) is 7.13. The van der Waals surface area contributed by atoms with Crippen molar-refractivity contribution in [3.8, 4) is 17.3 Å². The first kappa shape index (κ1) is 18.5. The van der Waals surface area contributed by atoms with E-state index in [0.29, 0.717) is 34.7 Å². The van der Waals surface area contributed by atoms with E-state index < -0.39 is 5.60 Å². The standard InChI is InChI=1S/C19H20N6O2/c1-19(2,27)15-6-5-12(10-22-15)13-9-14-16(18(26)25(3)11-23-14)17(24-13)21-8-4-7-20/h5-6,9-11,27H,4,8H2,1-3H3,(H,21,24). The van der Waals surface area contributed by atoms with E-state index in [2.05, 4.69) is 26.3 Å². The van der Waals surface area contributed by atoms with Crippen LogP contribution in [0.2, 0.25) is 0 Å². The van der Waals surface area contributed by atoms with Gasteiger partial charge in [0.15, 0.2) is 0 Å². The van der Waals surface area contributed by atoms with Crippen molar-refractivity contribution in [1.29, 1.82) is 5.26 Å². The number of aryl methyl sites for hydroxylation is 1. The van der Waals surface area contributed by atoms with Crippen molar-refractivity contribution in [2.45, 2.75) is 25.9 Å². The normalized spacial score (nSPS) is 11.4. The van der Waals surface area contributed by atoms with Crippen LogP contribution in [0.25, 0.3) is 22.2 Å². The number of aliphatic hydroxyl groups is 1. The zero-order chi connectivity index (χ0) is 19.6. The molecular weight excluding hydrogens is 344 g/mol. The Hall–Kier alpha value is -3.31. The molecule has 138 valence electrons.